The highest BCUT2D eigenvalue weighted by Gasteiger charge is 2.44. The Hall–Kier alpha value is -3.35. The molecule has 2 aromatic rings. The molecule has 0 saturated heterocycles. The van der Waals surface area contributed by atoms with Gasteiger partial charge in [-0.3, -0.25) is 9.59 Å². The van der Waals surface area contributed by atoms with Crippen LogP contribution in [0.25, 0.3) is 11.1 Å². The number of hydrogen-bond acceptors (Lipinski definition) is 4. The van der Waals surface area contributed by atoms with E-state index in [0.29, 0.717) is 6.42 Å². The van der Waals surface area contributed by atoms with Gasteiger partial charge in [0.2, 0.25) is 5.91 Å². The molecular weight excluding hydrogens is 444 g/mol. The van der Waals surface area contributed by atoms with Crippen molar-refractivity contribution in [2.75, 3.05) is 6.61 Å². The molecule has 2 atom stereocenters. The maximum atomic E-state index is 12.9. The molecule has 0 radical (unpaired) electrons. The van der Waals surface area contributed by atoms with Gasteiger partial charge in [0.15, 0.2) is 0 Å². The Bertz CT molecular complexity index is 1050. The minimum atomic E-state index is -0.939. The van der Waals surface area contributed by atoms with Gasteiger partial charge in [-0.1, -0.05) is 61.9 Å². The number of amides is 2. The second-order valence-electron chi connectivity index (χ2n) is 9.97. The monoisotopic (exact) mass is 478 g/mol. The van der Waals surface area contributed by atoms with Crippen LogP contribution in [0, 0.1) is 5.92 Å². The van der Waals surface area contributed by atoms with Crippen molar-refractivity contribution < 1.29 is 24.2 Å². The van der Waals surface area contributed by atoms with Crippen LogP contribution in [-0.2, 0) is 14.3 Å². The van der Waals surface area contributed by atoms with E-state index >= 15 is 0 Å². The molecule has 2 amide bonds. The van der Waals surface area contributed by atoms with Gasteiger partial charge in [-0.25, -0.2) is 4.79 Å². The van der Waals surface area contributed by atoms with Gasteiger partial charge in [0.1, 0.15) is 6.61 Å². The number of hydrogen-bond donors (Lipinski definition) is 3. The largest absolute Gasteiger partial charge is 0.481 e. The Kier molecular flexibility index (Phi) is 7.43. The first-order valence-electron chi connectivity index (χ1n) is 12.4. The maximum absolute atomic E-state index is 12.9. The third kappa shape index (κ3) is 5.84. The second-order valence-corrected chi connectivity index (χ2v) is 9.97. The van der Waals surface area contributed by atoms with E-state index in [1.54, 1.807) is 0 Å². The number of carbonyl (C=O) groups is 3. The standard InChI is InChI=1S/C28H34N2O5/c1-3-8-19(15-26(32)33)29-25(31)16-28(2,18-13-14-18)30-27(34)35-17-24-22-11-6-4-9-20(22)21-10-5-7-12-23(21)24/h4-7,9-12,18-19,24H,3,8,13-17H2,1-2H3,(H,29,31)(H,30,34)(H,32,33)/t19-,28?/m1/s1. The van der Waals surface area contributed by atoms with Crippen LogP contribution in [0.3, 0.4) is 0 Å². The molecule has 2 aliphatic carbocycles. The Morgan fingerprint density at radius 3 is 2.20 bits per heavy atom. The topological polar surface area (TPSA) is 105 Å². The van der Waals surface area contributed by atoms with Crippen molar-refractivity contribution in [3.63, 3.8) is 0 Å². The molecule has 1 unspecified atom stereocenters. The van der Waals surface area contributed by atoms with E-state index < -0.39 is 23.6 Å². The van der Waals surface area contributed by atoms with E-state index in [0.717, 1.165) is 30.4 Å². The number of ether oxygens (including phenoxy) is 1. The molecule has 3 N–H and O–H groups in total. The molecule has 0 aliphatic heterocycles. The van der Waals surface area contributed by atoms with Gasteiger partial charge in [-0.2, -0.15) is 0 Å². The van der Waals surface area contributed by atoms with Gasteiger partial charge in [0.05, 0.1) is 12.0 Å². The molecule has 35 heavy (non-hydrogen) atoms. The summed E-state index contributed by atoms with van der Waals surface area (Å²) >= 11 is 0. The van der Waals surface area contributed by atoms with Crippen LogP contribution in [0.2, 0.25) is 0 Å². The van der Waals surface area contributed by atoms with Gasteiger partial charge in [-0.15, -0.1) is 0 Å². The third-order valence-corrected chi connectivity index (χ3v) is 7.16. The predicted octanol–water partition coefficient (Wildman–Crippen LogP) is 4.84. The molecule has 186 valence electrons. The fourth-order valence-corrected chi connectivity index (χ4v) is 5.28. The number of alkyl carbamates (subject to hydrolysis) is 1. The molecule has 2 aliphatic rings. The fraction of sp³-hybridized carbons (Fsp3) is 0.464. The molecule has 7 heteroatoms. The molecule has 4 rings (SSSR count). The number of aliphatic carboxylic acids is 1. The zero-order chi connectivity index (χ0) is 25.0. The molecule has 0 aromatic heterocycles. The number of nitrogens with one attached hydrogen (secondary N) is 2. The number of rotatable bonds is 11. The lowest BCUT2D eigenvalue weighted by Gasteiger charge is -2.31. The van der Waals surface area contributed by atoms with Crippen molar-refractivity contribution in [3.05, 3.63) is 59.7 Å². The van der Waals surface area contributed by atoms with Crippen LogP contribution < -0.4 is 10.6 Å². The van der Waals surface area contributed by atoms with Gasteiger partial charge in [0, 0.05) is 18.4 Å². The lowest BCUT2D eigenvalue weighted by atomic mass is 9.91. The Morgan fingerprint density at radius 2 is 1.66 bits per heavy atom. The lowest BCUT2D eigenvalue weighted by molar-refractivity contribution is -0.137. The zero-order valence-corrected chi connectivity index (χ0v) is 20.4. The van der Waals surface area contributed by atoms with Crippen molar-refractivity contribution in [3.8, 4) is 11.1 Å². The minimum absolute atomic E-state index is 0.0329. The second kappa shape index (κ2) is 10.5. The summed E-state index contributed by atoms with van der Waals surface area (Å²) < 4.78 is 5.71. The summed E-state index contributed by atoms with van der Waals surface area (Å²) in [5.74, 6) is -1.03. The first kappa shape index (κ1) is 24.8. The molecule has 1 fully saturated rings. The van der Waals surface area contributed by atoms with Gasteiger partial charge < -0.3 is 20.5 Å². The average molecular weight is 479 g/mol. The predicted molar refractivity (Wildman–Crippen MR) is 133 cm³/mol. The van der Waals surface area contributed by atoms with E-state index in [1.807, 2.05) is 38.1 Å². The van der Waals surface area contributed by atoms with Crippen molar-refractivity contribution in [2.45, 2.75) is 69.9 Å². The van der Waals surface area contributed by atoms with Crippen LogP contribution in [0.15, 0.2) is 48.5 Å². The molecule has 0 heterocycles. The molecule has 1 saturated carbocycles. The highest BCUT2D eigenvalue weighted by atomic mass is 16.5. The normalized spacial score (nSPS) is 17.0. The summed E-state index contributed by atoms with van der Waals surface area (Å²) in [6.45, 7) is 4.04. The van der Waals surface area contributed by atoms with E-state index in [-0.39, 0.29) is 37.2 Å². The van der Waals surface area contributed by atoms with Gasteiger partial charge in [0.25, 0.3) is 0 Å². The van der Waals surface area contributed by atoms with Crippen LogP contribution in [-0.4, -0.2) is 41.3 Å². The van der Waals surface area contributed by atoms with E-state index in [1.165, 1.54) is 11.1 Å². The van der Waals surface area contributed by atoms with E-state index in [4.69, 9.17) is 9.84 Å². The van der Waals surface area contributed by atoms with Crippen molar-refractivity contribution >= 4 is 18.0 Å². The van der Waals surface area contributed by atoms with E-state index in [2.05, 4.69) is 34.9 Å². The summed E-state index contributed by atoms with van der Waals surface area (Å²) in [5, 5.41) is 14.9. The van der Waals surface area contributed by atoms with Crippen LogP contribution in [0.4, 0.5) is 4.79 Å². The molecular formula is C28H34N2O5. The first-order chi connectivity index (χ1) is 16.8. The third-order valence-electron chi connectivity index (χ3n) is 7.16. The summed E-state index contributed by atoms with van der Waals surface area (Å²) in [4.78, 5) is 36.8. The Labute approximate surface area is 206 Å². The van der Waals surface area contributed by atoms with E-state index in [9.17, 15) is 14.4 Å². The number of carboxylic acids is 1. The summed E-state index contributed by atoms with van der Waals surface area (Å²) in [5.41, 5.74) is 3.88. The maximum Gasteiger partial charge on any atom is 0.407 e. The minimum Gasteiger partial charge on any atom is -0.481 e. The smallest absolute Gasteiger partial charge is 0.407 e. The van der Waals surface area contributed by atoms with Gasteiger partial charge >= 0.3 is 12.1 Å². The number of benzene rings is 2. The van der Waals surface area contributed by atoms with Crippen LogP contribution >= 0.6 is 0 Å². The summed E-state index contributed by atoms with van der Waals surface area (Å²) in [6, 6.07) is 15.9. The van der Waals surface area contributed by atoms with Crippen molar-refractivity contribution in [2.24, 2.45) is 5.92 Å². The summed E-state index contributed by atoms with van der Waals surface area (Å²) in [6.07, 6.45) is 2.67. The molecule has 0 bridgehead atoms. The Morgan fingerprint density at radius 1 is 1.06 bits per heavy atom. The average Bonchev–Trinajstić information content (AvgIpc) is 3.61. The lowest BCUT2D eigenvalue weighted by Crippen LogP contribution is -2.52. The molecule has 0 spiro atoms. The fourth-order valence-electron chi connectivity index (χ4n) is 5.28. The van der Waals surface area contributed by atoms with Crippen molar-refractivity contribution in [1.29, 1.82) is 0 Å². The van der Waals surface area contributed by atoms with Gasteiger partial charge in [-0.05, 0) is 54.4 Å². The van der Waals surface area contributed by atoms with Crippen LogP contribution in [0.5, 0.6) is 0 Å². The summed E-state index contributed by atoms with van der Waals surface area (Å²) in [7, 11) is 0. The zero-order valence-electron chi connectivity index (χ0n) is 20.4. The SMILES string of the molecule is CCC[C@H](CC(=O)O)NC(=O)CC(C)(NC(=O)OCC1c2ccccc2-c2ccccc21)C1CC1. The highest BCUT2D eigenvalue weighted by molar-refractivity contribution is 5.81. The number of carboxylic acid groups (broad SMARTS) is 1. The molecule has 7 nitrogen and oxygen atoms in total. The number of carbonyl (C=O) groups excluding carboxylic acids is 2. The number of fused-ring (bicyclic) bond motifs is 3. The quantitative estimate of drug-likeness (QED) is 0.429. The highest BCUT2D eigenvalue weighted by Crippen LogP contribution is 2.45. The Balaban J connectivity index is 1.38. The molecule has 2 aromatic carbocycles. The van der Waals surface area contributed by atoms with Crippen molar-refractivity contribution in [1.82, 2.24) is 10.6 Å². The first-order valence-corrected chi connectivity index (χ1v) is 12.4. The van der Waals surface area contributed by atoms with Crippen LogP contribution in [0.1, 0.15) is 69.4 Å².